The number of halogens is 1. The quantitative estimate of drug-likeness (QED) is 0.826. The summed E-state index contributed by atoms with van der Waals surface area (Å²) in [6.07, 6.45) is 3.65. The Kier molecular flexibility index (Phi) is 4.44. The molecule has 3 aliphatic heterocycles. The number of rotatable bonds is 4. The van der Waals surface area contributed by atoms with Gasteiger partial charge in [-0.25, -0.2) is 9.07 Å². The van der Waals surface area contributed by atoms with Crippen molar-refractivity contribution in [3.63, 3.8) is 0 Å². The van der Waals surface area contributed by atoms with E-state index in [1.54, 1.807) is 0 Å². The van der Waals surface area contributed by atoms with Crippen molar-refractivity contribution in [1.82, 2.24) is 30.0 Å². The van der Waals surface area contributed by atoms with Gasteiger partial charge < -0.3 is 4.90 Å². The molecule has 0 spiro atoms. The molecule has 4 heterocycles. The highest BCUT2D eigenvalue weighted by molar-refractivity contribution is 5.76. The normalized spacial score (nSPS) is 23.6. The first-order chi connectivity index (χ1) is 12.2. The van der Waals surface area contributed by atoms with Gasteiger partial charge in [-0.1, -0.05) is 12.1 Å². The van der Waals surface area contributed by atoms with Gasteiger partial charge in [0.1, 0.15) is 18.7 Å². The summed E-state index contributed by atoms with van der Waals surface area (Å²) in [5.41, 5.74) is 1.11. The Hall–Kier alpha value is -2.35. The highest BCUT2D eigenvalue weighted by Crippen LogP contribution is 2.29. The Morgan fingerprint density at radius 1 is 1.16 bits per heavy atom. The van der Waals surface area contributed by atoms with Crippen LogP contribution < -0.4 is 0 Å². The molecular weight excluding hydrogens is 323 g/mol. The van der Waals surface area contributed by atoms with Crippen molar-refractivity contribution in [2.45, 2.75) is 32.0 Å². The standard InChI is InChI=1S/C17H21FN6O/c18-15-4-1-13(2-5-15)7-22-8-14-3-6-16(10-22)24(9-14)17(25)11-23-12-19-20-21-23/h1-2,4-5,12,14,16H,3,6-11H2/t14-,16+/m1/s1. The van der Waals surface area contributed by atoms with Crippen LogP contribution in [0.15, 0.2) is 30.6 Å². The minimum absolute atomic E-state index is 0.0747. The van der Waals surface area contributed by atoms with Crippen LogP contribution in [-0.4, -0.2) is 61.6 Å². The van der Waals surface area contributed by atoms with E-state index in [4.69, 9.17) is 0 Å². The van der Waals surface area contributed by atoms with Crippen molar-refractivity contribution in [2.75, 3.05) is 19.6 Å². The zero-order valence-corrected chi connectivity index (χ0v) is 14.0. The van der Waals surface area contributed by atoms with Gasteiger partial charge in [-0.15, -0.1) is 5.10 Å². The van der Waals surface area contributed by atoms with Gasteiger partial charge in [0, 0.05) is 32.2 Å². The number of benzene rings is 1. The molecule has 0 N–H and O–H groups in total. The molecule has 3 saturated heterocycles. The van der Waals surface area contributed by atoms with E-state index < -0.39 is 0 Å². The van der Waals surface area contributed by atoms with Crippen molar-refractivity contribution in [1.29, 1.82) is 0 Å². The molecule has 1 aromatic carbocycles. The second-order valence-corrected chi connectivity index (χ2v) is 6.97. The molecule has 3 fully saturated rings. The second kappa shape index (κ2) is 6.87. The van der Waals surface area contributed by atoms with Gasteiger partial charge in [-0.2, -0.15) is 0 Å². The van der Waals surface area contributed by atoms with Gasteiger partial charge in [0.15, 0.2) is 0 Å². The van der Waals surface area contributed by atoms with Crippen molar-refractivity contribution in [2.24, 2.45) is 5.92 Å². The number of carbonyl (C=O) groups excluding carboxylic acids is 1. The third-order valence-electron chi connectivity index (χ3n) is 5.12. The van der Waals surface area contributed by atoms with Crippen molar-refractivity contribution in [3.05, 3.63) is 42.0 Å². The molecule has 0 unspecified atom stereocenters. The number of aromatic nitrogens is 4. The molecule has 0 radical (unpaired) electrons. The highest BCUT2D eigenvalue weighted by Gasteiger charge is 2.37. The minimum atomic E-state index is -0.209. The predicted octanol–water partition coefficient (Wildman–Crippen LogP) is 0.935. The maximum atomic E-state index is 13.1. The van der Waals surface area contributed by atoms with E-state index in [2.05, 4.69) is 20.4 Å². The smallest absolute Gasteiger partial charge is 0.244 e. The molecule has 2 atom stereocenters. The summed E-state index contributed by atoms with van der Waals surface area (Å²) in [4.78, 5) is 17.0. The average Bonchev–Trinajstić information content (AvgIpc) is 2.96. The summed E-state index contributed by atoms with van der Waals surface area (Å²) in [7, 11) is 0. The van der Waals surface area contributed by atoms with Crippen LogP contribution in [0.3, 0.4) is 0 Å². The first-order valence-corrected chi connectivity index (χ1v) is 8.64. The number of tetrazole rings is 1. The van der Waals surface area contributed by atoms with Crippen LogP contribution in [0.1, 0.15) is 18.4 Å². The van der Waals surface area contributed by atoms with Crippen LogP contribution >= 0.6 is 0 Å². The molecule has 5 rings (SSSR count). The molecule has 1 aromatic heterocycles. The topological polar surface area (TPSA) is 67.2 Å². The zero-order valence-electron chi connectivity index (χ0n) is 14.0. The van der Waals surface area contributed by atoms with E-state index in [-0.39, 0.29) is 24.3 Å². The Morgan fingerprint density at radius 3 is 2.76 bits per heavy atom. The van der Waals surface area contributed by atoms with Gasteiger partial charge in [-0.05, 0) is 46.9 Å². The largest absolute Gasteiger partial charge is 0.336 e. The van der Waals surface area contributed by atoms with Crippen molar-refractivity contribution >= 4 is 5.91 Å². The summed E-state index contributed by atoms with van der Waals surface area (Å²) in [5, 5.41) is 10.9. The number of amides is 1. The molecule has 8 heteroatoms. The SMILES string of the molecule is O=C(Cn1cnnn1)N1C[C@@H]2CC[C@H]1CN(Cc1ccc(F)cc1)C2. The molecule has 3 aliphatic rings. The zero-order chi connectivity index (χ0) is 17.2. The number of nitrogens with zero attached hydrogens (tertiary/aromatic N) is 6. The van der Waals surface area contributed by atoms with Gasteiger partial charge in [-0.3, -0.25) is 9.69 Å². The third kappa shape index (κ3) is 3.68. The van der Waals surface area contributed by atoms with Crippen LogP contribution in [0.2, 0.25) is 0 Å². The molecule has 1 amide bonds. The van der Waals surface area contributed by atoms with E-state index in [0.717, 1.165) is 44.6 Å². The Labute approximate surface area is 145 Å². The van der Waals surface area contributed by atoms with Crippen LogP contribution in [0.5, 0.6) is 0 Å². The van der Waals surface area contributed by atoms with E-state index >= 15 is 0 Å². The van der Waals surface area contributed by atoms with Crippen LogP contribution in [0, 0.1) is 11.7 Å². The molecule has 7 nitrogen and oxygen atoms in total. The van der Waals surface area contributed by atoms with Crippen LogP contribution in [0.4, 0.5) is 4.39 Å². The second-order valence-electron chi connectivity index (χ2n) is 6.97. The highest BCUT2D eigenvalue weighted by atomic mass is 19.1. The minimum Gasteiger partial charge on any atom is -0.336 e. The molecule has 2 aromatic rings. The summed E-state index contributed by atoms with van der Waals surface area (Å²) in [6.45, 7) is 3.61. The Morgan fingerprint density at radius 2 is 2.00 bits per heavy atom. The molecule has 132 valence electrons. The Balaban J connectivity index is 1.43. The molecule has 25 heavy (non-hydrogen) atoms. The van der Waals surface area contributed by atoms with Gasteiger partial charge in [0.25, 0.3) is 0 Å². The lowest BCUT2D eigenvalue weighted by molar-refractivity contribution is -0.136. The van der Waals surface area contributed by atoms with Crippen molar-refractivity contribution < 1.29 is 9.18 Å². The van der Waals surface area contributed by atoms with E-state index in [9.17, 15) is 9.18 Å². The first kappa shape index (κ1) is 16.1. The molecule has 2 bridgehead atoms. The number of hydrogen-bond acceptors (Lipinski definition) is 5. The first-order valence-electron chi connectivity index (χ1n) is 8.64. The lowest BCUT2D eigenvalue weighted by atomic mass is 9.95. The monoisotopic (exact) mass is 344 g/mol. The van der Waals surface area contributed by atoms with Gasteiger partial charge >= 0.3 is 0 Å². The fourth-order valence-electron chi connectivity index (χ4n) is 3.94. The lowest BCUT2D eigenvalue weighted by Crippen LogP contribution is -2.48. The van der Waals surface area contributed by atoms with Crippen LogP contribution in [0.25, 0.3) is 0 Å². The van der Waals surface area contributed by atoms with Crippen molar-refractivity contribution in [3.8, 4) is 0 Å². The predicted molar refractivity (Wildman–Crippen MR) is 87.7 cm³/mol. The summed E-state index contributed by atoms with van der Waals surface area (Å²) >= 11 is 0. The number of fused-ring (bicyclic) bond motifs is 4. The summed E-state index contributed by atoms with van der Waals surface area (Å²) < 4.78 is 14.6. The molecule has 0 saturated carbocycles. The number of piperidine rings is 1. The summed E-state index contributed by atoms with van der Waals surface area (Å²) in [6, 6.07) is 6.90. The molecular formula is C17H21FN6O. The van der Waals surface area contributed by atoms with E-state index in [1.807, 2.05) is 17.0 Å². The van der Waals surface area contributed by atoms with Gasteiger partial charge in [0.2, 0.25) is 5.91 Å². The number of hydrogen-bond donors (Lipinski definition) is 0. The third-order valence-corrected chi connectivity index (χ3v) is 5.12. The maximum Gasteiger partial charge on any atom is 0.244 e. The maximum absolute atomic E-state index is 13.1. The fraction of sp³-hybridized carbons (Fsp3) is 0.529. The Bertz CT molecular complexity index is 719. The fourth-order valence-corrected chi connectivity index (χ4v) is 3.94. The lowest BCUT2D eigenvalue weighted by Gasteiger charge is -2.36. The van der Waals surface area contributed by atoms with Gasteiger partial charge in [0.05, 0.1) is 0 Å². The number of carbonyl (C=O) groups is 1. The summed E-state index contributed by atoms with van der Waals surface area (Å²) in [5.74, 6) is 0.349. The molecule has 0 aliphatic carbocycles. The van der Waals surface area contributed by atoms with E-state index in [1.165, 1.54) is 23.1 Å². The van der Waals surface area contributed by atoms with E-state index in [0.29, 0.717) is 5.92 Å². The average molecular weight is 344 g/mol. The van der Waals surface area contributed by atoms with Crippen LogP contribution in [-0.2, 0) is 17.9 Å².